The zero-order valence-electron chi connectivity index (χ0n) is 22.1. The molecule has 2 amide bonds. The summed E-state index contributed by atoms with van der Waals surface area (Å²) in [6.45, 7) is 8.17. The van der Waals surface area contributed by atoms with E-state index >= 15 is 0 Å². The van der Waals surface area contributed by atoms with Gasteiger partial charge in [-0.3, -0.25) is 13.9 Å². The molecule has 1 aliphatic heterocycles. The Morgan fingerprint density at radius 2 is 1.68 bits per heavy atom. The van der Waals surface area contributed by atoms with Gasteiger partial charge in [0, 0.05) is 33.8 Å². The van der Waals surface area contributed by atoms with Crippen LogP contribution in [0, 0.1) is 0 Å². The number of amides is 2. The third-order valence-corrected chi connectivity index (χ3v) is 8.35. The number of carbonyl (C=O) groups is 2. The first-order valence-electron chi connectivity index (χ1n) is 12.2. The molecule has 2 aromatic rings. The van der Waals surface area contributed by atoms with Crippen molar-refractivity contribution in [2.75, 3.05) is 23.4 Å². The number of ether oxygens (including phenoxy) is 2. The van der Waals surface area contributed by atoms with Gasteiger partial charge in [-0.2, -0.15) is 0 Å². The van der Waals surface area contributed by atoms with Gasteiger partial charge in [0.25, 0.3) is 0 Å². The Bertz CT molecular complexity index is 1280. The average Bonchev–Trinajstić information content (AvgIpc) is 3.30. The van der Waals surface area contributed by atoms with Crippen LogP contribution in [0.1, 0.15) is 46.6 Å². The van der Waals surface area contributed by atoms with E-state index in [4.69, 9.17) is 32.7 Å². The van der Waals surface area contributed by atoms with E-state index in [0.717, 1.165) is 4.31 Å². The van der Waals surface area contributed by atoms with Crippen LogP contribution >= 0.6 is 23.2 Å². The second-order valence-electron chi connectivity index (χ2n) is 9.83. The highest BCUT2D eigenvalue weighted by atomic mass is 35.5. The largest absolute Gasteiger partial charge is 0.454 e. The molecule has 1 heterocycles. The molecule has 0 saturated heterocycles. The Morgan fingerprint density at radius 1 is 1.05 bits per heavy atom. The highest BCUT2D eigenvalue weighted by Crippen LogP contribution is 2.36. The summed E-state index contributed by atoms with van der Waals surface area (Å²) in [6.07, 6.45) is 0.278. The van der Waals surface area contributed by atoms with Gasteiger partial charge in [0.05, 0.1) is 11.4 Å². The van der Waals surface area contributed by atoms with Gasteiger partial charge in [-0.1, -0.05) is 36.2 Å². The van der Waals surface area contributed by atoms with Crippen molar-refractivity contribution in [1.82, 2.24) is 10.2 Å². The molecule has 3 rings (SSSR count). The van der Waals surface area contributed by atoms with E-state index in [2.05, 4.69) is 5.32 Å². The van der Waals surface area contributed by atoms with Gasteiger partial charge in [0.1, 0.15) is 12.6 Å². The molecule has 0 aliphatic carbocycles. The number of hydrogen-bond donors (Lipinski definition) is 1. The molecule has 1 N–H and O–H groups in total. The van der Waals surface area contributed by atoms with Crippen LogP contribution in [0.4, 0.5) is 5.69 Å². The number of rotatable bonds is 10. The summed E-state index contributed by atoms with van der Waals surface area (Å²) in [5.74, 6) is -0.348. The topological polar surface area (TPSA) is 105 Å². The summed E-state index contributed by atoms with van der Waals surface area (Å²) in [4.78, 5) is 28.6. The van der Waals surface area contributed by atoms with Crippen LogP contribution in [0.3, 0.4) is 0 Å². The SMILES string of the molecule is CC[C@@H](C(=O)NC(C)(C)C)N(Cc1c(Cl)cccc1Cl)C(=O)CN(c1ccc2c(c1)OCO2)S(=O)(=O)CC. The van der Waals surface area contributed by atoms with Crippen molar-refractivity contribution in [2.24, 2.45) is 0 Å². The van der Waals surface area contributed by atoms with Crippen LogP contribution in [-0.4, -0.2) is 55.8 Å². The Kier molecular flexibility index (Phi) is 9.43. The third-order valence-electron chi connectivity index (χ3n) is 5.90. The molecular weight excluding hydrogens is 553 g/mol. The van der Waals surface area contributed by atoms with Crippen molar-refractivity contribution in [3.05, 3.63) is 52.0 Å². The second kappa shape index (κ2) is 12.0. The number of nitrogens with one attached hydrogen (secondary N) is 1. The van der Waals surface area contributed by atoms with Gasteiger partial charge >= 0.3 is 0 Å². The summed E-state index contributed by atoms with van der Waals surface area (Å²) < 4.78 is 38.1. The molecule has 1 atom stereocenters. The number of nitrogens with zero attached hydrogens (tertiary/aromatic N) is 2. The van der Waals surface area contributed by atoms with Crippen molar-refractivity contribution < 1.29 is 27.5 Å². The fourth-order valence-electron chi connectivity index (χ4n) is 3.99. The monoisotopic (exact) mass is 585 g/mol. The summed E-state index contributed by atoms with van der Waals surface area (Å²) >= 11 is 12.8. The molecule has 0 bridgehead atoms. The zero-order valence-corrected chi connectivity index (χ0v) is 24.4. The van der Waals surface area contributed by atoms with Crippen LogP contribution in [0.15, 0.2) is 36.4 Å². The maximum absolute atomic E-state index is 13.9. The predicted octanol–water partition coefficient (Wildman–Crippen LogP) is 4.60. The number of benzene rings is 2. The normalized spacial score (nSPS) is 13.7. The van der Waals surface area contributed by atoms with E-state index in [0.29, 0.717) is 27.1 Å². The van der Waals surface area contributed by atoms with Crippen molar-refractivity contribution in [2.45, 2.75) is 59.2 Å². The summed E-state index contributed by atoms with van der Waals surface area (Å²) in [7, 11) is -3.89. The van der Waals surface area contributed by atoms with E-state index in [9.17, 15) is 18.0 Å². The fourth-order valence-corrected chi connectivity index (χ4v) is 5.56. The molecule has 1 aliphatic rings. The number of carbonyl (C=O) groups excluding carboxylic acids is 2. The van der Waals surface area contributed by atoms with E-state index < -0.39 is 34.1 Å². The van der Waals surface area contributed by atoms with Gasteiger partial charge in [0.2, 0.25) is 28.6 Å². The number of anilines is 1. The van der Waals surface area contributed by atoms with Gasteiger partial charge in [-0.25, -0.2) is 8.42 Å². The molecule has 2 aromatic carbocycles. The quantitative estimate of drug-likeness (QED) is 0.437. The number of hydrogen-bond acceptors (Lipinski definition) is 6. The van der Waals surface area contributed by atoms with Crippen molar-refractivity contribution in [3.63, 3.8) is 0 Å². The van der Waals surface area contributed by atoms with E-state index in [1.54, 1.807) is 37.3 Å². The lowest BCUT2D eigenvalue weighted by Crippen LogP contribution is -2.55. The smallest absolute Gasteiger partial charge is 0.244 e. The third kappa shape index (κ3) is 7.03. The molecular formula is C26H33Cl2N3O6S. The lowest BCUT2D eigenvalue weighted by molar-refractivity contribution is -0.141. The van der Waals surface area contributed by atoms with Gasteiger partial charge in [-0.15, -0.1) is 0 Å². The van der Waals surface area contributed by atoms with Gasteiger partial charge in [-0.05, 0) is 58.4 Å². The molecule has 38 heavy (non-hydrogen) atoms. The summed E-state index contributed by atoms with van der Waals surface area (Å²) in [5, 5.41) is 3.57. The number of sulfonamides is 1. The Morgan fingerprint density at radius 3 is 2.26 bits per heavy atom. The maximum atomic E-state index is 13.9. The number of halogens is 2. The highest BCUT2D eigenvalue weighted by Gasteiger charge is 2.34. The van der Waals surface area contributed by atoms with Crippen molar-refractivity contribution in [3.8, 4) is 11.5 Å². The molecule has 0 unspecified atom stereocenters. The molecule has 12 heteroatoms. The Hall–Kier alpha value is -2.69. The van der Waals surface area contributed by atoms with Crippen LogP contribution in [-0.2, 0) is 26.2 Å². The molecule has 0 spiro atoms. The summed E-state index contributed by atoms with van der Waals surface area (Å²) in [6, 6.07) is 8.71. The zero-order chi connectivity index (χ0) is 28.3. The molecule has 0 aromatic heterocycles. The van der Waals surface area contributed by atoms with E-state index in [-0.39, 0.29) is 37.1 Å². The molecule has 0 radical (unpaired) electrons. The van der Waals surface area contributed by atoms with Crippen molar-refractivity contribution in [1.29, 1.82) is 0 Å². The fraction of sp³-hybridized carbons (Fsp3) is 0.462. The van der Waals surface area contributed by atoms with Gasteiger partial charge < -0.3 is 19.7 Å². The minimum atomic E-state index is -3.89. The predicted molar refractivity (Wildman–Crippen MR) is 148 cm³/mol. The first-order valence-corrected chi connectivity index (χ1v) is 14.6. The van der Waals surface area contributed by atoms with Crippen LogP contribution in [0.5, 0.6) is 11.5 Å². The van der Waals surface area contributed by atoms with Crippen molar-refractivity contribution >= 4 is 50.7 Å². The second-order valence-corrected chi connectivity index (χ2v) is 12.8. The molecule has 0 saturated carbocycles. The van der Waals surface area contributed by atoms with Gasteiger partial charge in [0.15, 0.2) is 11.5 Å². The number of fused-ring (bicyclic) bond motifs is 1. The van der Waals surface area contributed by atoms with E-state index in [1.165, 1.54) is 17.9 Å². The first kappa shape index (κ1) is 29.9. The average molecular weight is 587 g/mol. The van der Waals surface area contributed by atoms with Crippen LogP contribution in [0.25, 0.3) is 0 Å². The molecule has 0 fully saturated rings. The van der Waals surface area contributed by atoms with Crippen LogP contribution < -0.4 is 19.1 Å². The summed E-state index contributed by atoms with van der Waals surface area (Å²) in [5.41, 5.74) is 0.150. The Balaban J connectivity index is 2.03. The highest BCUT2D eigenvalue weighted by molar-refractivity contribution is 7.92. The Labute approximate surface area is 234 Å². The lowest BCUT2D eigenvalue weighted by atomic mass is 10.1. The van der Waals surface area contributed by atoms with E-state index in [1.807, 2.05) is 20.8 Å². The van der Waals surface area contributed by atoms with Crippen LogP contribution in [0.2, 0.25) is 10.0 Å². The molecule has 208 valence electrons. The lowest BCUT2D eigenvalue weighted by Gasteiger charge is -2.35. The maximum Gasteiger partial charge on any atom is 0.244 e. The molecule has 9 nitrogen and oxygen atoms in total. The minimum Gasteiger partial charge on any atom is -0.454 e. The first-order chi connectivity index (χ1) is 17.8. The standard InChI is InChI=1S/C26H33Cl2N3O6S/c1-6-21(25(33)29-26(3,4)5)30(14-18-19(27)9-8-10-20(18)28)24(32)15-31(38(34,35)7-2)17-11-12-22-23(13-17)37-16-36-22/h8-13,21H,6-7,14-16H2,1-5H3,(H,29,33)/t21-/m0/s1. The minimum absolute atomic E-state index is 0.0195.